The highest BCUT2D eigenvalue weighted by atomic mass is 35.5. The van der Waals surface area contributed by atoms with Crippen molar-refractivity contribution in [3.63, 3.8) is 0 Å². The Labute approximate surface area is 175 Å². The van der Waals surface area contributed by atoms with Gasteiger partial charge in [0.2, 0.25) is 5.91 Å². The quantitative estimate of drug-likeness (QED) is 0.687. The zero-order valence-electron chi connectivity index (χ0n) is 15.9. The molecule has 1 saturated heterocycles. The number of carbonyl (C=O) groups excluding carboxylic acids is 1. The predicted molar refractivity (Wildman–Crippen MR) is 112 cm³/mol. The first-order valence-corrected chi connectivity index (χ1v) is 10.3. The van der Waals surface area contributed by atoms with Crippen LogP contribution in [-0.4, -0.2) is 30.9 Å². The lowest BCUT2D eigenvalue weighted by Gasteiger charge is -2.32. The second-order valence-electron chi connectivity index (χ2n) is 7.48. The van der Waals surface area contributed by atoms with E-state index in [2.05, 4.69) is 5.32 Å². The maximum absolute atomic E-state index is 13.4. The summed E-state index contributed by atoms with van der Waals surface area (Å²) in [5.41, 5.74) is 1.93. The Kier molecular flexibility index (Phi) is 7.33. The molecule has 150 valence electrons. The minimum Gasteiger partial charge on any atom is -0.341 e. The van der Waals surface area contributed by atoms with Crippen LogP contribution >= 0.6 is 23.2 Å². The molecule has 1 aliphatic heterocycles. The number of hydrogen-bond donors (Lipinski definition) is 1. The van der Waals surface area contributed by atoms with Gasteiger partial charge in [0, 0.05) is 30.1 Å². The average molecular weight is 423 g/mol. The number of amides is 1. The molecule has 28 heavy (non-hydrogen) atoms. The molecule has 1 amide bonds. The lowest BCUT2D eigenvalue weighted by atomic mass is 9.78. The molecule has 0 saturated carbocycles. The van der Waals surface area contributed by atoms with Crippen molar-refractivity contribution < 1.29 is 9.18 Å². The normalized spacial score (nSPS) is 16.0. The molecule has 2 aromatic carbocycles. The molecular formula is C22H25Cl2FN2O. The Balaban J connectivity index is 1.73. The van der Waals surface area contributed by atoms with E-state index >= 15 is 0 Å². The smallest absolute Gasteiger partial charge is 0.223 e. The fraction of sp³-hybridized carbons (Fsp3) is 0.409. The fourth-order valence-electron chi connectivity index (χ4n) is 3.92. The maximum atomic E-state index is 13.4. The Morgan fingerprint density at radius 3 is 2.36 bits per heavy atom. The van der Waals surface area contributed by atoms with Gasteiger partial charge in [-0.15, -0.1) is 0 Å². The molecule has 2 aromatic rings. The molecule has 6 heteroatoms. The van der Waals surface area contributed by atoms with Gasteiger partial charge in [-0.3, -0.25) is 4.79 Å². The van der Waals surface area contributed by atoms with E-state index in [0.29, 0.717) is 28.9 Å². The first-order chi connectivity index (χ1) is 13.4. The molecular weight excluding hydrogens is 398 g/mol. The van der Waals surface area contributed by atoms with Crippen LogP contribution in [-0.2, 0) is 11.3 Å². The molecule has 0 bridgehead atoms. The van der Waals surface area contributed by atoms with Gasteiger partial charge in [0.05, 0.1) is 0 Å². The van der Waals surface area contributed by atoms with Crippen LogP contribution in [0.5, 0.6) is 0 Å². The molecule has 1 heterocycles. The summed E-state index contributed by atoms with van der Waals surface area (Å²) in [5.74, 6) is 0.295. The summed E-state index contributed by atoms with van der Waals surface area (Å²) in [5, 5.41) is 4.48. The summed E-state index contributed by atoms with van der Waals surface area (Å²) in [6, 6.07) is 11.9. The van der Waals surface area contributed by atoms with E-state index in [1.54, 1.807) is 18.0 Å². The number of piperidine rings is 1. The highest BCUT2D eigenvalue weighted by Gasteiger charge is 2.28. The number of nitrogens with zero attached hydrogens (tertiary/aromatic N) is 1. The predicted octanol–water partition coefficient (Wildman–Crippen LogP) is 5.26. The zero-order valence-corrected chi connectivity index (χ0v) is 17.4. The zero-order chi connectivity index (χ0) is 20.1. The Morgan fingerprint density at radius 1 is 1.14 bits per heavy atom. The number of rotatable bonds is 6. The van der Waals surface area contributed by atoms with Gasteiger partial charge in [-0.1, -0.05) is 35.3 Å². The summed E-state index contributed by atoms with van der Waals surface area (Å²) in [6.45, 7) is 2.35. The van der Waals surface area contributed by atoms with Crippen molar-refractivity contribution in [3.8, 4) is 0 Å². The van der Waals surface area contributed by atoms with Gasteiger partial charge in [0.15, 0.2) is 0 Å². The van der Waals surface area contributed by atoms with Gasteiger partial charge >= 0.3 is 0 Å². The Bertz CT molecular complexity index is 786. The van der Waals surface area contributed by atoms with Gasteiger partial charge in [-0.25, -0.2) is 4.39 Å². The van der Waals surface area contributed by atoms with Crippen LogP contribution < -0.4 is 5.32 Å². The van der Waals surface area contributed by atoms with Gasteiger partial charge in [0.25, 0.3) is 0 Å². The van der Waals surface area contributed by atoms with Crippen molar-refractivity contribution in [3.05, 3.63) is 69.5 Å². The molecule has 3 nitrogen and oxygen atoms in total. The van der Waals surface area contributed by atoms with E-state index in [-0.39, 0.29) is 17.6 Å². The topological polar surface area (TPSA) is 32.3 Å². The number of hydrogen-bond acceptors (Lipinski definition) is 2. The molecule has 0 aliphatic carbocycles. The van der Waals surface area contributed by atoms with Gasteiger partial charge < -0.3 is 10.2 Å². The average Bonchev–Trinajstić information content (AvgIpc) is 2.66. The SMILES string of the molecule is CN(Cc1cc(Cl)cc(Cl)c1)C(=O)CC(c1ccc(F)cc1)C1CCNCC1. The lowest BCUT2D eigenvalue weighted by molar-refractivity contribution is -0.131. The fourth-order valence-corrected chi connectivity index (χ4v) is 4.49. The van der Waals surface area contributed by atoms with Crippen molar-refractivity contribution in [1.29, 1.82) is 0 Å². The molecule has 0 radical (unpaired) electrons. The monoisotopic (exact) mass is 422 g/mol. The van der Waals surface area contributed by atoms with E-state index in [1.807, 2.05) is 24.3 Å². The second kappa shape index (κ2) is 9.73. The molecule has 1 unspecified atom stereocenters. The van der Waals surface area contributed by atoms with Gasteiger partial charge in [-0.05, 0) is 79.2 Å². The van der Waals surface area contributed by atoms with Gasteiger partial charge in [-0.2, -0.15) is 0 Å². The minimum atomic E-state index is -0.255. The van der Waals surface area contributed by atoms with Crippen LogP contribution in [0, 0.1) is 11.7 Å². The number of carbonyl (C=O) groups is 1. The first kappa shape index (κ1) is 21.1. The van der Waals surface area contributed by atoms with E-state index in [9.17, 15) is 9.18 Å². The van der Waals surface area contributed by atoms with Crippen molar-refractivity contribution in [2.75, 3.05) is 20.1 Å². The van der Waals surface area contributed by atoms with E-state index in [1.165, 1.54) is 12.1 Å². The molecule has 1 fully saturated rings. The Hall–Kier alpha value is -1.62. The Morgan fingerprint density at radius 2 is 1.75 bits per heavy atom. The third kappa shape index (κ3) is 5.69. The van der Waals surface area contributed by atoms with Gasteiger partial charge in [0.1, 0.15) is 5.82 Å². The molecule has 1 N–H and O–H groups in total. The lowest BCUT2D eigenvalue weighted by Crippen LogP contribution is -2.34. The van der Waals surface area contributed by atoms with Crippen LogP contribution in [0.3, 0.4) is 0 Å². The summed E-state index contributed by atoms with van der Waals surface area (Å²) in [7, 11) is 1.79. The molecule has 3 rings (SSSR count). The summed E-state index contributed by atoms with van der Waals surface area (Å²) in [4.78, 5) is 14.7. The number of benzene rings is 2. The van der Waals surface area contributed by atoms with Crippen molar-refractivity contribution in [2.24, 2.45) is 5.92 Å². The minimum absolute atomic E-state index is 0.0592. The molecule has 0 aromatic heterocycles. The van der Waals surface area contributed by atoms with Crippen LogP contribution in [0.15, 0.2) is 42.5 Å². The largest absolute Gasteiger partial charge is 0.341 e. The molecule has 1 atom stereocenters. The highest BCUT2D eigenvalue weighted by Crippen LogP contribution is 2.34. The second-order valence-corrected chi connectivity index (χ2v) is 8.35. The van der Waals surface area contributed by atoms with Crippen LogP contribution in [0.25, 0.3) is 0 Å². The summed E-state index contributed by atoms with van der Waals surface area (Å²) >= 11 is 12.1. The third-order valence-corrected chi connectivity index (χ3v) is 5.85. The number of halogens is 3. The highest BCUT2D eigenvalue weighted by molar-refractivity contribution is 6.34. The van der Waals surface area contributed by atoms with Crippen LogP contribution in [0.1, 0.15) is 36.3 Å². The summed E-state index contributed by atoms with van der Waals surface area (Å²) in [6.07, 6.45) is 2.44. The first-order valence-electron chi connectivity index (χ1n) is 9.57. The standard InChI is InChI=1S/C22H25Cl2FN2O/c1-27(14-15-10-18(23)12-19(24)11-15)22(28)13-21(17-6-8-26-9-7-17)16-2-4-20(25)5-3-16/h2-5,10-12,17,21,26H,6-9,13-14H2,1H3. The van der Waals surface area contributed by atoms with Crippen molar-refractivity contribution in [1.82, 2.24) is 10.2 Å². The maximum Gasteiger partial charge on any atom is 0.223 e. The van der Waals surface area contributed by atoms with Crippen LogP contribution in [0.4, 0.5) is 4.39 Å². The van der Waals surface area contributed by atoms with Crippen molar-refractivity contribution >= 4 is 29.1 Å². The van der Waals surface area contributed by atoms with E-state index < -0.39 is 0 Å². The van der Waals surface area contributed by atoms with Crippen LogP contribution in [0.2, 0.25) is 10.0 Å². The van der Waals surface area contributed by atoms with Crippen molar-refractivity contribution in [2.45, 2.75) is 31.7 Å². The summed E-state index contributed by atoms with van der Waals surface area (Å²) < 4.78 is 13.4. The number of nitrogens with one attached hydrogen (secondary N) is 1. The molecule has 1 aliphatic rings. The molecule has 0 spiro atoms. The van der Waals surface area contributed by atoms with E-state index in [0.717, 1.165) is 37.1 Å². The van der Waals surface area contributed by atoms with E-state index in [4.69, 9.17) is 23.2 Å². The third-order valence-electron chi connectivity index (χ3n) is 5.41.